The zero-order chi connectivity index (χ0) is 21.7. The normalized spacial score (nSPS) is 19.0. The number of aryl methyl sites for hydroxylation is 1. The molecule has 5 rings (SSSR count). The van der Waals surface area contributed by atoms with E-state index in [9.17, 15) is 9.90 Å². The lowest BCUT2D eigenvalue weighted by molar-refractivity contribution is -0.130. The standard InChI is InChI=1S/C19H20ClN9O2/c20-9-1-2-10-11(5-9)25-14(24-10)3-4-15(31)28-6-12(13(30)7-28)29-8-23-16-17(21)26-19(22)27-18(16)29/h1-2,5,8,12-13,30H,3-4,6-7H2,(H,24,25)(H4,21,22,26,27)/t12-,13-/m0/s1. The van der Waals surface area contributed by atoms with Gasteiger partial charge in [0.25, 0.3) is 0 Å². The summed E-state index contributed by atoms with van der Waals surface area (Å²) >= 11 is 6.00. The summed E-state index contributed by atoms with van der Waals surface area (Å²) in [6.45, 7) is 0.542. The molecule has 6 N–H and O–H groups in total. The predicted molar refractivity (Wildman–Crippen MR) is 115 cm³/mol. The van der Waals surface area contributed by atoms with E-state index < -0.39 is 12.1 Å². The first-order valence-corrected chi connectivity index (χ1v) is 10.1. The molecule has 0 saturated carbocycles. The molecule has 1 fully saturated rings. The van der Waals surface area contributed by atoms with E-state index in [0.717, 1.165) is 11.0 Å². The molecule has 3 aromatic heterocycles. The van der Waals surface area contributed by atoms with E-state index in [1.54, 1.807) is 21.6 Å². The maximum atomic E-state index is 12.8. The number of β-amino-alcohol motifs (C(OH)–C–C–N with tert-alkyl or cyclic N) is 1. The van der Waals surface area contributed by atoms with Crippen molar-refractivity contribution in [2.75, 3.05) is 24.6 Å². The number of aliphatic hydroxyl groups excluding tert-OH is 1. The van der Waals surface area contributed by atoms with E-state index in [2.05, 4.69) is 24.9 Å². The van der Waals surface area contributed by atoms with Gasteiger partial charge in [-0.25, -0.2) is 9.97 Å². The van der Waals surface area contributed by atoms with Crippen LogP contribution >= 0.6 is 11.6 Å². The number of carbonyl (C=O) groups excluding carboxylic acids is 1. The third-order valence-electron chi connectivity index (χ3n) is 5.50. The van der Waals surface area contributed by atoms with Crippen LogP contribution in [0, 0.1) is 0 Å². The van der Waals surface area contributed by atoms with Crippen LogP contribution in [-0.4, -0.2) is 64.6 Å². The van der Waals surface area contributed by atoms with Crippen LogP contribution in [-0.2, 0) is 11.2 Å². The van der Waals surface area contributed by atoms with E-state index in [1.165, 1.54) is 6.33 Å². The van der Waals surface area contributed by atoms with E-state index in [-0.39, 0.29) is 30.6 Å². The molecule has 2 atom stereocenters. The molecule has 4 heterocycles. The summed E-state index contributed by atoms with van der Waals surface area (Å²) in [5, 5.41) is 11.2. The average Bonchev–Trinajstić information content (AvgIpc) is 3.42. The molecule has 0 radical (unpaired) electrons. The molecule has 0 spiro atoms. The molecule has 0 unspecified atom stereocenters. The molecule has 31 heavy (non-hydrogen) atoms. The van der Waals surface area contributed by atoms with Crippen molar-refractivity contribution < 1.29 is 9.90 Å². The lowest BCUT2D eigenvalue weighted by atomic mass is 10.2. The molecule has 1 aromatic carbocycles. The fourth-order valence-corrected chi connectivity index (χ4v) is 4.15. The minimum Gasteiger partial charge on any atom is -0.389 e. The van der Waals surface area contributed by atoms with Crippen LogP contribution in [0.2, 0.25) is 5.02 Å². The molecule has 4 aromatic rings. The zero-order valence-electron chi connectivity index (χ0n) is 16.4. The van der Waals surface area contributed by atoms with Crippen LogP contribution in [0.1, 0.15) is 18.3 Å². The number of amides is 1. The summed E-state index contributed by atoms with van der Waals surface area (Å²) in [5.74, 6) is 0.844. The minimum absolute atomic E-state index is 0.0271. The van der Waals surface area contributed by atoms with Gasteiger partial charge in [0, 0.05) is 31.0 Å². The highest BCUT2D eigenvalue weighted by molar-refractivity contribution is 6.31. The van der Waals surface area contributed by atoms with E-state index in [1.807, 2.05) is 6.07 Å². The summed E-state index contributed by atoms with van der Waals surface area (Å²) in [7, 11) is 0. The number of H-pyrrole nitrogens is 1. The Balaban J connectivity index is 1.29. The largest absolute Gasteiger partial charge is 0.389 e. The number of rotatable bonds is 4. The molecule has 12 heteroatoms. The third kappa shape index (κ3) is 3.51. The minimum atomic E-state index is -0.771. The maximum absolute atomic E-state index is 12.8. The van der Waals surface area contributed by atoms with Crippen LogP contribution in [0.4, 0.5) is 11.8 Å². The van der Waals surface area contributed by atoms with Crippen molar-refractivity contribution >= 4 is 51.5 Å². The van der Waals surface area contributed by atoms with Crippen molar-refractivity contribution in [3.8, 4) is 0 Å². The van der Waals surface area contributed by atoms with Crippen molar-refractivity contribution in [1.82, 2.24) is 34.4 Å². The second kappa shape index (κ2) is 7.36. The van der Waals surface area contributed by atoms with Gasteiger partial charge in [-0.2, -0.15) is 9.97 Å². The molecule has 1 amide bonds. The molecule has 160 valence electrons. The number of aromatic nitrogens is 6. The number of nitrogens with one attached hydrogen (secondary N) is 1. The van der Waals surface area contributed by atoms with E-state index >= 15 is 0 Å². The second-order valence-electron chi connectivity index (χ2n) is 7.57. The lowest BCUT2D eigenvalue weighted by Crippen LogP contribution is -2.29. The van der Waals surface area contributed by atoms with Crippen LogP contribution < -0.4 is 11.5 Å². The fraction of sp³-hybridized carbons (Fsp3) is 0.316. The summed E-state index contributed by atoms with van der Waals surface area (Å²) in [6.07, 6.45) is 1.49. The Morgan fingerprint density at radius 2 is 2.10 bits per heavy atom. The fourth-order valence-electron chi connectivity index (χ4n) is 3.98. The van der Waals surface area contributed by atoms with Crippen molar-refractivity contribution in [2.24, 2.45) is 0 Å². The Hall–Kier alpha value is -3.44. The quantitative estimate of drug-likeness (QED) is 0.362. The molecule has 1 aliphatic rings. The van der Waals surface area contributed by atoms with Crippen LogP contribution in [0.25, 0.3) is 22.2 Å². The van der Waals surface area contributed by atoms with Gasteiger partial charge in [0.1, 0.15) is 11.3 Å². The number of aliphatic hydroxyl groups is 1. The maximum Gasteiger partial charge on any atom is 0.224 e. The number of nitrogens with zero attached hydrogens (tertiary/aromatic N) is 6. The first kappa shape index (κ1) is 19.5. The number of hydrogen-bond donors (Lipinski definition) is 4. The van der Waals surface area contributed by atoms with Gasteiger partial charge in [0.15, 0.2) is 11.5 Å². The van der Waals surface area contributed by atoms with Gasteiger partial charge in [0.2, 0.25) is 11.9 Å². The molecule has 11 nitrogen and oxygen atoms in total. The number of likely N-dealkylation sites (tertiary alicyclic amines) is 1. The van der Waals surface area contributed by atoms with Crippen LogP contribution in [0.15, 0.2) is 24.5 Å². The Bertz CT molecular complexity index is 1300. The summed E-state index contributed by atoms with van der Waals surface area (Å²) in [5.41, 5.74) is 14.0. The number of benzene rings is 1. The number of nitrogen functional groups attached to an aromatic ring is 2. The molecular weight excluding hydrogens is 422 g/mol. The van der Waals surface area contributed by atoms with Crippen LogP contribution in [0.5, 0.6) is 0 Å². The Morgan fingerprint density at radius 3 is 2.94 bits per heavy atom. The topological polar surface area (TPSA) is 165 Å². The average molecular weight is 442 g/mol. The molecule has 0 bridgehead atoms. The number of nitrogens with two attached hydrogens (primary N) is 2. The Morgan fingerprint density at radius 1 is 1.26 bits per heavy atom. The van der Waals surface area contributed by atoms with Crippen molar-refractivity contribution in [2.45, 2.75) is 25.0 Å². The highest BCUT2D eigenvalue weighted by atomic mass is 35.5. The number of carbonyl (C=O) groups is 1. The summed E-state index contributed by atoms with van der Waals surface area (Å²) in [6, 6.07) is 5.00. The Kier molecular flexibility index (Phi) is 4.63. The zero-order valence-corrected chi connectivity index (χ0v) is 17.1. The van der Waals surface area contributed by atoms with Gasteiger partial charge in [-0.3, -0.25) is 4.79 Å². The Labute approximate surface area is 181 Å². The SMILES string of the molecule is Nc1nc(N)c2ncn([C@H]3CN(C(=O)CCc4nc5ccc(Cl)cc5[nH]4)C[C@@H]3O)c2n1. The number of anilines is 2. The predicted octanol–water partition coefficient (Wildman–Crippen LogP) is 0.897. The number of halogens is 1. The van der Waals surface area contributed by atoms with Crippen LogP contribution in [0.3, 0.4) is 0 Å². The van der Waals surface area contributed by atoms with Gasteiger partial charge in [0.05, 0.1) is 29.5 Å². The van der Waals surface area contributed by atoms with Crippen molar-refractivity contribution in [3.63, 3.8) is 0 Å². The number of fused-ring (bicyclic) bond motifs is 2. The number of aromatic amines is 1. The van der Waals surface area contributed by atoms with E-state index in [4.69, 9.17) is 23.1 Å². The third-order valence-corrected chi connectivity index (χ3v) is 5.74. The first-order valence-electron chi connectivity index (χ1n) is 9.74. The summed E-state index contributed by atoms with van der Waals surface area (Å²) in [4.78, 5) is 34.4. The van der Waals surface area contributed by atoms with Gasteiger partial charge < -0.3 is 31.0 Å². The molecule has 1 aliphatic heterocycles. The monoisotopic (exact) mass is 441 g/mol. The number of imidazole rings is 2. The molecule has 0 aliphatic carbocycles. The van der Waals surface area contributed by atoms with E-state index in [0.29, 0.717) is 35.0 Å². The van der Waals surface area contributed by atoms with Gasteiger partial charge in [-0.15, -0.1) is 0 Å². The number of hydrogen-bond acceptors (Lipinski definition) is 8. The van der Waals surface area contributed by atoms with Gasteiger partial charge in [-0.1, -0.05) is 11.6 Å². The van der Waals surface area contributed by atoms with Gasteiger partial charge in [-0.05, 0) is 18.2 Å². The molecule has 1 saturated heterocycles. The smallest absolute Gasteiger partial charge is 0.224 e. The highest BCUT2D eigenvalue weighted by Gasteiger charge is 2.36. The van der Waals surface area contributed by atoms with Crippen molar-refractivity contribution in [1.29, 1.82) is 0 Å². The molecular formula is C19H20ClN9O2. The second-order valence-corrected chi connectivity index (χ2v) is 8.01. The first-order chi connectivity index (χ1) is 14.9. The van der Waals surface area contributed by atoms with Gasteiger partial charge >= 0.3 is 0 Å². The van der Waals surface area contributed by atoms with Crippen molar-refractivity contribution in [3.05, 3.63) is 35.4 Å². The summed E-state index contributed by atoms with van der Waals surface area (Å²) < 4.78 is 1.70. The highest BCUT2D eigenvalue weighted by Crippen LogP contribution is 2.28. The lowest BCUT2D eigenvalue weighted by Gasteiger charge is -2.17.